The fraction of sp³-hybridized carbons (Fsp3) is 0.632. The van der Waals surface area contributed by atoms with Gasteiger partial charge in [-0.15, -0.1) is 0 Å². The van der Waals surface area contributed by atoms with Gasteiger partial charge >= 0.3 is 0 Å². The van der Waals surface area contributed by atoms with Gasteiger partial charge in [0.2, 0.25) is 10.0 Å². The number of ether oxygens (including phenoxy) is 1. The second-order valence-electron chi connectivity index (χ2n) is 7.70. The molecule has 2 bridgehead atoms. The van der Waals surface area contributed by atoms with Crippen LogP contribution in [-0.2, 0) is 21.2 Å². The number of nitrogens with two attached hydrogens (primary N) is 1. The molecule has 0 radical (unpaired) electrons. The number of likely N-dealkylation sites (tertiary alicyclic amines) is 1. The zero-order valence-electron chi connectivity index (χ0n) is 15.7. The first kappa shape index (κ1) is 18.7. The van der Waals surface area contributed by atoms with Gasteiger partial charge in [-0.05, 0) is 43.9 Å². The molecule has 4 rings (SSSR count). The number of rotatable bonds is 5. The molecular weight excluding hydrogens is 364 g/mol. The largest absolute Gasteiger partial charge is 0.374 e. The molecule has 0 aromatic heterocycles. The first-order chi connectivity index (χ1) is 13.0. The number of aliphatic imine (C=N–C) groups is 1. The van der Waals surface area contributed by atoms with Crippen LogP contribution in [-0.4, -0.2) is 57.7 Å². The van der Waals surface area contributed by atoms with Gasteiger partial charge in [-0.2, -0.15) is 0 Å². The molecule has 0 amide bonds. The molecular formula is C19H28N4O3S. The van der Waals surface area contributed by atoms with Crippen molar-refractivity contribution in [3.05, 3.63) is 29.8 Å². The van der Waals surface area contributed by atoms with Crippen LogP contribution >= 0.6 is 0 Å². The molecule has 0 saturated carbocycles. The minimum Gasteiger partial charge on any atom is -0.374 e. The molecule has 1 aromatic rings. The Balaban J connectivity index is 1.37. The Labute approximate surface area is 161 Å². The van der Waals surface area contributed by atoms with E-state index in [-0.39, 0.29) is 4.90 Å². The van der Waals surface area contributed by atoms with Crippen molar-refractivity contribution in [2.24, 2.45) is 22.0 Å². The van der Waals surface area contributed by atoms with E-state index >= 15 is 0 Å². The van der Waals surface area contributed by atoms with Crippen LogP contribution in [0.15, 0.2) is 34.2 Å². The van der Waals surface area contributed by atoms with Crippen LogP contribution in [0.5, 0.6) is 0 Å². The third kappa shape index (κ3) is 3.83. The van der Waals surface area contributed by atoms with Crippen LogP contribution in [0.25, 0.3) is 0 Å². The first-order valence-electron chi connectivity index (χ1n) is 9.76. The fourth-order valence-electron chi connectivity index (χ4n) is 4.70. The quantitative estimate of drug-likeness (QED) is 0.574. The van der Waals surface area contributed by atoms with E-state index in [0.717, 1.165) is 37.6 Å². The molecule has 1 aromatic carbocycles. The van der Waals surface area contributed by atoms with E-state index in [1.165, 1.54) is 12.8 Å². The summed E-state index contributed by atoms with van der Waals surface area (Å²) in [4.78, 5) is 7.34. The molecule has 0 spiro atoms. The van der Waals surface area contributed by atoms with E-state index in [2.05, 4.69) is 17.1 Å². The van der Waals surface area contributed by atoms with E-state index in [4.69, 9.17) is 14.9 Å². The highest BCUT2D eigenvalue weighted by Crippen LogP contribution is 2.47. The van der Waals surface area contributed by atoms with Crippen LogP contribution in [0.3, 0.4) is 0 Å². The van der Waals surface area contributed by atoms with Gasteiger partial charge in [0, 0.05) is 38.0 Å². The minimum absolute atomic E-state index is 0.142. The summed E-state index contributed by atoms with van der Waals surface area (Å²) < 4.78 is 28.7. The Kier molecular flexibility index (Phi) is 5.13. The molecule has 148 valence electrons. The number of nitrogens with zero attached hydrogens (tertiary/aromatic N) is 2. The Bertz CT molecular complexity index is 791. The summed E-state index contributed by atoms with van der Waals surface area (Å²) in [5, 5.41) is 8.56. The molecule has 3 heterocycles. The number of sulfonamides is 1. The lowest BCUT2D eigenvalue weighted by atomic mass is 9.82. The van der Waals surface area contributed by atoms with E-state index < -0.39 is 10.0 Å². The number of primary sulfonamides is 1. The maximum absolute atomic E-state index is 11.3. The molecule has 27 heavy (non-hydrogen) atoms. The number of guanidine groups is 1. The summed E-state index contributed by atoms with van der Waals surface area (Å²) in [6.45, 7) is 5.65. The van der Waals surface area contributed by atoms with Gasteiger partial charge in [-0.3, -0.25) is 4.99 Å². The second-order valence-corrected chi connectivity index (χ2v) is 9.26. The third-order valence-electron chi connectivity index (χ3n) is 6.00. The normalized spacial score (nSPS) is 30.0. The lowest BCUT2D eigenvalue weighted by Crippen LogP contribution is -2.41. The van der Waals surface area contributed by atoms with Crippen LogP contribution in [0.1, 0.15) is 25.3 Å². The Morgan fingerprint density at radius 2 is 1.85 bits per heavy atom. The van der Waals surface area contributed by atoms with Crippen molar-refractivity contribution in [2.45, 2.75) is 43.3 Å². The van der Waals surface area contributed by atoms with Crippen molar-refractivity contribution in [2.75, 3.05) is 26.2 Å². The van der Waals surface area contributed by atoms with Gasteiger partial charge in [0.05, 0.1) is 17.1 Å². The lowest BCUT2D eigenvalue weighted by Gasteiger charge is -2.23. The summed E-state index contributed by atoms with van der Waals surface area (Å²) in [7, 11) is -3.64. The highest BCUT2D eigenvalue weighted by Gasteiger charge is 2.53. The average molecular weight is 393 g/mol. The molecule has 0 aliphatic carbocycles. The van der Waals surface area contributed by atoms with E-state index in [0.29, 0.717) is 30.6 Å². The maximum atomic E-state index is 11.3. The third-order valence-corrected chi connectivity index (χ3v) is 6.93. The van der Waals surface area contributed by atoms with Crippen LogP contribution in [0.2, 0.25) is 0 Å². The van der Waals surface area contributed by atoms with E-state index in [1.54, 1.807) is 24.3 Å². The number of nitrogens with one attached hydrogen (secondary N) is 1. The zero-order chi connectivity index (χ0) is 19.0. The van der Waals surface area contributed by atoms with E-state index in [9.17, 15) is 8.42 Å². The maximum Gasteiger partial charge on any atom is 0.238 e. The molecule has 4 atom stereocenters. The standard InChI is InChI=1S/C19H28N4O3S/c1-2-21-19(23-11-15-16(12-23)18-8-7-17(15)26-18)22-10-9-13-3-5-14(6-4-13)27(20,24)25/h3-6,15-18H,2,7-12H2,1H3,(H,21,22)(H2,20,24,25). The summed E-state index contributed by atoms with van der Waals surface area (Å²) in [5.41, 5.74) is 1.05. The number of fused-ring (bicyclic) bond motifs is 5. The Hall–Kier alpha value is -1.64. The fourth-order valence-corrected chi connectivity index (χ4v) is 5.21. The predicted molar refractivity (Wildman–Crippen MR) is 104 cm³/mol. The van der Waals surface area contributed by atoms with Gasteiger partial charge in [0.25, 0.3) is 0 Å². The molecule has 8 heteroatoms. The van der Waals surface area contributed by atoms with Crippen molar-refractivity contribution in [3.63, 3.8) is 0 Å². The van der Waals surface area contributed by atoms with Crippen LogP contribution < -0.4 is 10.5 Å². The first-order valence-corrected chi connectivity index (χ1v) is 11.3. The molecule has 3 aliphatic rings. The van der Waals surface area contributed by atoms with Crippen LogP contribution in [0.4, 0.5) is 0 Å². The zero-order valence-corrected chi connectivity index (χ0v) is 16.5. The number of hydrogen-bond acceptors (Lipinski definition) is 4. The highest BCUT2D eigenvalue weighted by molar-refractivity contribution is 7.89. The Morgan fingerprint density at radius 1 is 1.22 bits per heavy atom. The topological polar surface area (TPSA) is 97.0 Å². The van der Waals surface area contributed by atoms with Gasteiger partial charge in [-0.1, -0.05) is 12.1 Å². The summed E-state index contributed by atoms with van der Waals surface area (Å²) in [6, 6.07) is 6.71. The second kappa shape index (κ2) is 7.41. The highest BCUT2D eigenvalue weighted by atomic mass is 32.2. The van der Waals surface area contributed by atoms with Crippen molar-refractivity contribution in [1.29, 1.82) is 0 Å². The summed E-state index contributed by atoms with van der Waals surface area (Å²) in [6.07, 6.45) is 4.08. The summed E-state index contributed by atoms with van der Waals surface area (Å²) >= 11 is 0. The molecule has 4 unspecified atom stereocenters. The van der Waals surface area contributed by atoms with Crippen molar-refractivity contribution >= 4 is 16.0 Å². The molecule has 3 aliphatic heterocycles. The molecule has 3 N–H and O–H groups in total. The monoisotopic (exact) mass is 392 g/mol. The molecule has 3 fully saturated rings. The average Bonchev–Trinajstić information content (AvgIpc) is 3.34. The van der Waals surface area contributed by atoms with Gasteiger partial charge in [0.1, 0.15) is 0 Å². The number of benzene rings is 1. The smallest absolute Gasteiger partial charge is 0.238 e. The predicted octanol–water partition coefficient (Wildman–Crippen LogP) is 0.951. The molecule has 7 nitrogen and oxygen atoms in total. The lowest BCUT2D eigenvalue weighted by molar-refractivity contribution is 0.0767. The van der Waals surface area contributed by atoms with Crippen molar-refractivity contribution in [1.82, 2.24) is 10.2 Å². The van der Waals surface area contributed by atoms with Gasteiger partial charge in [-0.25, -0.2) is 13.6 Å². The SMILES string of the molecule is CCNC(=NCCc1ccc(S(N)(=O)=O)cc1)N1CC2C3CCC(O3)C2C1. The Morgan fingerprint density at radius 3 is 2.41 bits per heavy atom. The van der Waals surface area contributed by atoms with Gasteiger partial charge < -0.3 is 15.0 Å². The van der Waals surface area contributed by atoms with E-state index in [1.807, 2.05) is 0 Å². The number of hydrogen-bond donors (Lipinski definition) is 2. The molecule has 3 saturated heterocycles. The van der Waals surface area contributed by atoms with Crippen LogP contribution in [0, 0.1) is 11.8 Å². The van der Waals surface area contributed by atoms with Crippen molar-refractivity contribution < 1.29 is 13.2 Å². The van der Waals surface area contributed by atoms with Gasteiger partial charge in [0.15, 0.2) is 5.96 Å². The van der Waals surface area contributed by atoms with Crippen molar-refractivity contribution in [3.8, 4) is 0 Å². The summed E-state index contributed by atoms with van der Waals surface area (Å²) in [5.74, 6) is 2.28. The minimum atomic E-state index is -3.64.